The smallest absolute Gasteiger partial charge is 0.244 e. The minimum atomic E-state index is -0.148. The van der Waals surface area contributed by atoms with E-state index in [2.05, 4.69) is 5.32 Å². The second-order valence-electron chi connectivity index (χ2n) is 5.42. The Morgan fingerprint density at radius 2 is 2.10 bits per heavy atom. The number of aliphatic hydroxyl groups excluding tert-OH is 1. The molecule has 1 aromatic carbocycles. The Labute approximate surface area is 119 Å². The molecule has 20 heavy (non-hydrogen) atoms. The molecule has 0 aromatic heterocycles. The van der Waals surface area contributed by atoms with E-state index in [9.17, 15) is 9.90 Å². The van der Waals surface area contributed by atoms with Crippen molar-refractivity contribution in [3.8, 4) is 0 Å². The number of hydrogen-bond acceptors (Lipinski definition) is 3. The van der Waals surface area contributed by atoms with E-state index in [0.717, 1.165) is 31.2 Å². The summed E-state index contributed by atoms with van der Waals surface area (Å²) in [6.45, 7) is 0.687. The lowest BCUT2D eigenvalue weighted by molar-refractivity contribution is -0.116. The number of nitrogen functional groups attached to an aromatic ring is 1. The number of carbonyl (C=O) groups excluding carboxylic acids is 1. The van der Waals surface area contributed by atoms with E-state index in [1.807, 2.05) is 24.3 Å². The number of nitrogens with one attached hydrogen (secondary N) is 1. The molecule has 1 aliphatic carbocycles. The lowest BCUT2D eigenvalue weighted by atomic mass is 9.87. The van der Waals surface area contributed by atoms with Gasteiger partial charge in [-0.3, -0.25) is 4.79 Å². The maximum atomic E-state index is 11.7. The summed E-state index contributed by atoms with van der Waals surface area (Å²) < 4.78 is 0. The number of aliphatic hydroxyl groups is 1. The summed E-state index contributed by atoms with van der Waals surface area (Å²) in [4.78, 5) is 11.7. The van der Waals surface area contributed by atoms with Crippen LogP contribution in [0.4, 0.5) is 5.69 Å². The van der Waals surface area contributed by atoms with Crippen LogP contribution in [0.2, 0.25) is 0 Å². The molecule has 0 saturated heterocycles. The van der Waals surface area contributed by atoms with Crippen molar-refractivity contribution in [2.24, 2.45) is 5.92 Å². The van der Waals surface area contributed by atoms with E-state index < -0.39 is 0 Å². The van der Waals surface area contributed by atoms with Crippen molar-refractivity contribution >= 4 is 17.7 Å². The molecule has 1 fully saturated rings. The standard InChI is InChI=1S/C16H22N2O2/c17-14-3-1-2-12(10-14)6-9-16(20)18-11-13-4-7-15(19)8-5-13/h1-3,6,9-10,13,15,19H,4-5,7-8,11,17H2,(H,18,20)/b9-6+. The zero-order valence-electron chi connectivity index (χ0n) is 11.6. The Kier molecular flexibility index (Phi) is 5.18. The first-order valence-electron chi connectivity index (χ1n) is 7.13. The minimum absolute atomic E-state index is 0.0847. The van der Waals surface area contributed by atoms with Crippen molar-refractivity contribution in [2.45, 2.75) is 31.8 Å². The molecule has 0 heterocycles. The van der Waals surface area contributed by atoms with Gasteiger partial charge in [-0.25, -0.2) is 0 Å². The van der Waals surface area contributed by atoms with Gasteiger partial charge in [0.05, 0.1) is 6.10 Å². The molecule has 1 saturated carbocycles. The van der Waals surface area contributed by atoms with Crippen LogP contribution in [0.1, 0.15) is 31.2 Å². The average molecular weight is 274 g/mol. The van der Waals surface area contributed by atoms with Gasteiger partial charge in [0, 0.05) is 18.3 Å². The number of amides is 1. The van der Waals surface area contributed by atoms with E-state index in [0.29, 0.717) is 18.2 Å². The lowest BCUT2D eigenvalue weighted by Gasteiger charge is -2.25. The SMILES string of the molecule is Nc1cccc(/C=C/C(=O)NCC2CCC(O)CC2)c1. The summed E-state index contributed by atoms with van der Waals surface area (Å²) in [6, 6.07) is 7.41. The van der Waals surface area contributed by atoms with Gasteiger partial charge in [-0.2, -0.15) is 0 Å². The Balaban J connectivity index is 1.75. The molecule has 108 valence electrons. The van der Waals surface area contributed by atoms with Gasteiger partial charge in [0.1, 0.15) is 0 Å². The molecule has 0 atom stereocenters. The third kappa shape index (κ3) is 4.70. The van der Waals surface area contributed by atoms with Crippen LogP contribution in [0.5, 0.6) is 0 Å². The Morgan fingerprint density at radius 1 is 1.35 bits per heavy atom. The maximum absolute atomic E-state index is 11.7. The number of rotatable bonds is 4. The predicted octanol–water partition coefficient (Wildman–Crippen LogP) is 1.95. The number of carbonyl (C=O) groups is 1. The minimum Gasteiger partial charge on any atom is -0.399 e. The molecule has 0 aliphatic heterocycles. The van der Waals surface area contributed by atoms with Gasteiger partial charge < -0.3 is 16.2 Å². The third-order valence-electron chi connectivity index (χ3n) is 3.72. The molecule has 0 unspecified atom stereocenters. The first-order chi connectivity index (χ1) is 9.63. The van der Waals surface area contributed by atoms with Gasteiger partial charge in [0.25, 0.3) is 0 Å². The van der Waals surface area contributed by atoms with Crippen LogP contribution in [0.25, 0.3) is 6.08 Å². The summed E-state index contributed by atoms with van der Waals surface area (Å²) in [5.74, 6) is 0.404. The zero-order valence-corrected chi connectivity index (χ0v) is 11.6. The van der Waals surface area contributed by atoms with Crippen LogP contribution < -0.4 is 11.1 Å². The molecule has 4 heteroatoms. The van der Waals surface area contributed by atoms with E-state index in [4.69, 9.17) is 5.73 Å². The highest BCUT2D eigenvalue weighted by molar-refractivity contribution is 5.91. The summed E-state index contributed by atoms with van der Waals surface area (Å²) in [5.41, 5.74) is 7.28. The van der Waals surface area contributed by atoms with E-state index in [1.165, 1.54) is 6.08 Å². The quantitative estimate of drug-likeness (QED) is 0.580. The van der Waals surface area contributed by atoms with Gasteiger partial charge in [-0.1, -0.05) is 12.1 Å². The fourth-order valence-electron chi connectivity index (χ4n) is 2.49. The number of benzene rings is 1. The van der Waals surface area contributed by atoms with E-state index in [-0.39, 0.29) is 12.0 Å². The number of anilines is 1. The van der Waals surface area contributed by atoms with Crippen molar-refractivity contribution in [1.82, 2.24) is 5.32 Å². The molecule has 1 aliphatic rings. The number of hydrogen-bond donors (Lipinski definition) is 3. The van der Waals surface area contributed by atoms with Crippen molar-refractivity contribution in [3.63, 3.8) is 0 Å². The van der Waals surface area contributed by atoms with Crippen molar-refractivity contribution in [1.29, 1.82) is 0 Å². The fraction of sp³-hybridized carbons (Fsp3) is 0.438. The van der Waals surface area contributed by atoms with Crippen LogP contribution in [0.15, 0.2) is 30.3 Å². The summed E-state index contributed by atoms with van der Waals surface area (Å²) >= 11 is 0. The van der Waals surface area contributed by atoms with E-state index in [1.54, 1.807) is 6.08 Å². The summed E-state index contributed by atoms with van der Waals surface area (Å²) in [7, 11) is 0. The Bertz CT molecular complexity index is 477. The molecular weight excluding hydrogens is 252 g/mol. The Hall–Kier alpha value is -1.81. The van der Waals surface area contributed by atoms with Crippen molar-refractivity contribution in [2.75, 3.05) is 12.3 Å². The first-order valence-corrected chi connectivity index (χ1v) is 7.13. The molecule has 1 amide bonds. The van der Waals surface area contributed by atoms with Gasteiger partial charge in [0.15, 0.2) is 0 Å². The van der Waals surface area contributed by atoms with Crippen LogP contribution in [-0.2, 0) is 4.79 Å². The van der Waals surface area contributed by atoms with Crippen LogP contribution >= 0.6 is 0 Å². The highest BCUT2D eigenvalue weighted by atomic mass is 16.3. The van der Waals surface area contributed by atoms with Crippen LogP contribution in [0.3, 0.4) is 0 Å². The van der Waals surface area contributed by atoms with Crippen molar-refractivity contribution < 1.29 is 9.90 Å². The second-order valence-corrected chi connectivity index (χ2v) is 5.42. The molecule has 0 spiro atoms. The van der Waals surface area contributed by atoms with Gasteiger partial charge in [0.2, 0.25) is 5.91 Å². The van der Waals surface area contributed by atoms with Gasteiger partial charge >= 0.3 is 0 Å². The van der Waals surface area contributed by atoms with Crippen LogP contribution in [0, 0.1) is 5.92 Å². The topological polar surface area (TPSA) is 75.4 Å². The molecule has 2 rings (SSSR count). The predicted molar refractivity (Wildman–Crippen MR) is 80.9 cm³/mol. The van der Waals surface area contributed by atoms with Crippen LogP contribution in [-0.4, -0.2) is 23.7 Å². The number of nitrogens with two attached hydrogens (primary N) is 1. The summed E-state index contributed by atoms with van der Waals surface area (Å²) in [5, 5.41) is 12.3. The molecule has 0 radical (unpaired) electrons. The van der Waals surface area contributed by atoms with Gasteiger partial charge in [-0.05, 0) is 55.4 Å². The summed E-state index contributed by atoms with van der Waals surface area (Å²) in [6.07, 6.45) is 6.81. The normalized spacial score (nSPS) is 22.9. The highest BCUT2D eigenvalue weighted by Gasteiger charge is 2.19. The molecule has 0 bridgehead atoms. The fourth-order valence-corrected chi connectivity index (χ4v) is 2.49. The highest BCUT2D eigenvalue weighted by Crippen LogP contribution is 2.23. The van der Waals surface area contributed by atoms with Crippen molar-refractivity contribution in [3.05, 3.63) is 35.9 Å². The first kappa shape index (κ1) is 14.6. The average Bonchev–Trinajstić information content (AvgIpc) is 2.45. The third-order valence-corrected chi connectivity index (χ3v) is 3.72. The second kappa shape index (κ2) is 7.10. The molecule has 4 N–H and O–H groups in total. The van der Waals surface area contributed by atoms with Gasteiger partial charge in [-0.15, -0.1) is 0 Å². The maximum Gasteiger partial charge on any atom is 0.244 e. The zero-order chi connectivity index (χ0) is 14.4. The van der Waals surface area contributed by atoms with E-state index >= 15 is 0 Å². The molecule has 4 nitrogen and oxygen atoms in total. The Morgan fingerprint density at radius 3 is 2.80 bits per heavy atom. The monoisotopic (exact) mass is 274 g/mol. The molecule has 1 aromatic rings. The lowest BCUT2D eigenvalue weighted by Crippen LogP contribution is -2.31. The largest absolute Gasteiger partial charge is 0.399 e. The molecular formula is C16H22N2O2.